The highest BCUT2D eigenvalue weighted by Gasteiger charge is 2.64. The normalized spacial score (nSPS) is 30.4. The molecule has 14 heteroatoms. The molecule has 3 aliphatic carbocycles. The van der Waals surface area contributed by atoms with Gasteiger partial charge in [0.1, 0.15) is 34.8 Å². The average molecular weight is 819 g/mol. The van der Waals surface area contributed by atoms with Gasteiger partial charge in [-0.15, -0.1) is 0 Å². The molecule has 3 aliphatic heterocycles. The molecule has 4 fully saturated rings. The van der Waals surface area contributed by atoms with Gasteiger partial charge in [-0.2, -0.15) is 0 Å². The van der Waals surface area contributed by atoms with Gasteiger partial charge in [-0.1, -0.05) is 38.8 Å². The number of hydrogen-bond acceptors (Lipinski definition) is 10. The smallest absolute Gasteiger partial charge is 0.306 e. The summed E-state index contributed by atoms with van der Waals surface area (Å²) in [6.45, 7) is 7.50. The maximum Gasteiger partial charge on any atom is 0.306 e. The van der Waals surface area contributed by atoms with E-state index in [9.17, 15) is 27.6 Å². The monoisotopic (exact) mass is 818 g/mol. The Balaban J connectivity index is 1.15. The zero-order valence-electron chi connectivity index (χ0n) is 34.4. The van der Waals surface area contributed by atoms with Crippen molar-refractivity contribution in [3.8, 4) is 11.5 Å². The molecule has 6 aliphatic rings. The van der Waals surface area contributed by atoms with Gasteiger partial charge in [0.25, 0.3) is 5.91 Å². The maximum atomic E-state index is 15.0. The number of aromatic nitrogens is 1. The summed E-state index contributed by atoms with van der Waals surface area (Å²) in [6.07, 6.45) is 11.4. The maximum absolute atomic E-state index is 15.0. The number of carbonyl (C=O) groups is 4. The topological polar surface area (TPSA) is 170 Å². The Bertz CT molecular complexity index is 2150. The molecule has 0 bridgehead atoms. The minimum Gasteiger partial charge on any atom is -0.497 e. The van der Waals surface area contributed by atoms with Gasteiger partial charge in [0.15, 0.2) is 0 Å². The van der Waals surface area contributed by atoms with Crippen LogP contribution in [0.25, 0.3) is 10.9 Å². The van der Waals surface area contributed by atoms with Gasteiger partial charge < -0.3 is 24.4 Å². The van der Waals surface area contributed by atoms with Crippen LogP contribution in [0, 0.1) is 17.8 Å². The largest absolute Gasteiger partial charge is 0.497 e. The lowest BCUT2D eigenvalue weighted by atomic mass is 9.86. The van der Waals surface area contributed by atoms with Crippen LogP contribution in [0.4, 0.5) is 0 Å². The first-order chi connectivity index (χ1) is 27.6. The number of amides is 3. The quantitative estimate of drug-likeness (QED) is 0.234. The molecule has 6 atom stereocenters. The summed E-state index contributed by atoms with van der Waals surface area (Å²) in [4.78, 5) is 63.9. The molecule has 314 valence electrons. The van der Waals surface area contributed by atoms with E-state index in [1.165, 1.54) is 0 Å². The standard InChI is InChI=1S/C44H58N4O9S/c1-26(2)27(3)56-36(49)21-29-11-9-7-6-8-10-12-30-23-44(30,41(52)47-58(53,54)42(4)19-20-42)46-39(50)35-24-43(25-48(35)40(29)51)18-17-32-33-22-31(55-5)15-16-34(33)45-37(28-13-14-28)38(32)57-43/h10,12,15-16,22,26-30,35H,6-9,11,13-14,17-21,23-25H2,1-5H3,(H,46,50)(H,47,52)/b12-10-/t27-,29-,30-,35+,43-,44-/m1/s1. The second-order valence-corrected chi connectivity index (χ2v) is 20.7. The van der Waals surface area contributed by atoms with E-state index in [4.69, 9.17) is 19.2 Å². The Morgan fingerprint density at radius 3 is 2.55 bits per heavy atom. The van der Waals surface area contributed by atoms with Crippen molar-refractivity contribution >= 4 is 44.6 Å². The molecule has 1 aromatic heterocycles. The Morgan fingerprint density at radius 2 is 1.84 bits per heavy atom. The SMILES string of the molecule is COc1ccc2nc(C3CC3)c3c(c2c1)CC[C@]1(C[C@H]2C(=O)N[C@]4(C(=O)NS(=O)(=O)C5(C)CC5)C[C@H]4/C=C\CCCCC[C@H](CC(=O)O[C@H](C)C(C)C)C(=O)N2C1)O3. The van der Waals surface area contributed by atoms with Crippen LogP contribution in [0.15, 0.2) is 30.4 Å². The van der Waals surface area contributed by atoms with Crippen molar-refractivity contribution in [1.82, 2.24) is 19.9 Å². The number of methoxy groups -OCH3 is 1. The summed E-state index contributed by atoms with van der Waals surface area (Å²) in [6, 6.07) is 4.81. The first-order valence-corrected chi connectivity index (χ1v) is 22.8. The first-order valence-electron chi connectivity index (χ1n) is 21.3. The molecular formula is C44H58N4O9S. The van der Waals surface area contributed by atoms with Crippen LogP contribution < -0.4 is 19.5 Å². The van der Waals surface area contributed by atoms with Gasteiger partial charge in [-0.25, -0.2) is 13.4 Å². The highest BCUT2D eigenvalue weighted by Crippen LogP contribution is 2.52. The average Bonchev–Trinajstić information content (AvgIpc) is 4.12. The predicted octanol–water partition coefficient (Wildman–Crippen LogP) is 5.77. The van der Waals surface area contributed by atoms with Gasteiger partial charge in [0.05, 0.1) is 36.0 Å². The second kappa shape index (κ2) is 15.1. The van der Waals surface area contributed by atoms with E-state index < -0.39 is 61.6 Å². The van der Waals surface area contributed by atoms with Crippen LogP contribution in [0.1, 0.15) is 128 Å². The van der Waals surface area contributed by atoms with Crippen LogP contribution in [-0.4, -0.2) is 83.7 Å². The van der Waals surface area contributed by atoms with Crippen LogP contribution in [0.2, 0.25) is 0 Å². The number of carbonyl (C=O) groups excluding carboxylic acids is 4. The number of allylic oxidation sites excluding steroid dienone is 1. The van der Waals surface area contributed by atoms with Crippen LogP contribution in [-0.2, 0) is 40.4 Å². The third-order valence-corrected chi connectivity index (χ3v) is 15.9. The summed E-state index contributed by atoms with van der Waals surface area (Å²) in [7, 11) is -2.35. The number of nitrogens with one attached hydrogen (secondary N) is 2. The number of fused-ring (bicyclic) bond motifs is 5. The van der Waals surface area contributed by atoms with Gasteiger partial charge in [0.2, 0.25) is 21.8 Å². The lowest BCUT2D eigenvalue weighted by Crippen LogP contribution is -2.57. The van der Waals surface area contributed by atoms with Crippen molar-refractivity contribution in [2.75, 3.05) is 13.7 Å². The highest BCUT2D eigenvalue weighted by molar-refractivity contribution is 7.91. The van der Waals surface area contributed by atoms with E-state index in [0.29, 0.717) is 50.0 Å². The van der Waals surface area contributed by atoms with Gasteiger partial charge in [-0.3, -0.25) is 23.9 Å². The molecule has 2 aromatic rings. The molecule has 1 aromatic carbocycles. The number of ether oxygens (including phenoxy) is 3. The van der Waals surface area contributed by atoms with E-state index in [-0.39, 0.29) is 49.7 Å². The van der Waals surface area contributed by atoms with Crippen molar-refractivity contribution < 1.29 is 41.8 Å². The third kappa shape index (κ3) is 7.70. The number of pyridine rings is 1. The fraction of sp³-hybridized carbons (Fsp3) is 0.659. The Kier molecular flexibility index (Phi) is 10.6. The number of aryl methyl sites for hydroxylation is 1. The van der Waals surface area contributed by atoms with E-state index in [1.807, 2.05) is 51.1 Å². The predicted molar refractivity (Wildman–Crippen MR) is 216 cm³/mol. The van der Waals surface area contributed by atoms with Gasteiger partial charge >= 0.3 is 5.97 Å². The summed E-state index contributed by atoms with van der Waals surface area (Å²) >= 11 is 0. The summed E-state index contributed by atoms with van der Waals surface area (Å²) in [5.41, 5.74) is 0.345. The van der Waals surface area contributed by atoms with E-state index in [2.05, 4.69) is 10.0 Å². The fourth-order valence-electron chi connectivity index (χ4n) is 9.02. The second-order valence-electron chi connectivity index (χ2n) is 18.5. The van der Waals surface area contributed by atoms with Gasteiger partial charge in [-0.05, 0) is 102 Å². The van der Waals surface area contributed by atoms with E-state index in [0.717, 1.165) is 54.3 Å². The van der Waals surface area contributed by atoms with Crippen LogP contribution >= 0.6 is 0 Å². The van der Waals surface area contributed by atoms with Crippen molar-refractivity contribution in [2.24, 2.45) is 17.8 Å². The van der Waals surface area contributed by atoms with E-state index >= 15 is 0 Å². The zero-order valence-corrected chi connectivity index (χ0v) is 35.3. The minimum absolute atomic E-state index is 0.101. The molecule has 3 amide bonds. The molecule has 4 heterocycles. The Morgan fingerprint density at radius 1 is 1.07 bits per heavy atom. The van der Waals surface area contributed by atoms with Crippen molar-refractivity contribution in [2.45, 2.75) is 152 Å². The van der Waals surface area contributed by atoms with Crippen molar-refractivity contribution in [3.63, 3.8) is 0 Å². The zero-order chi connectivity index (χ0) is 41.2. The van der Waals surface area contributed by atoms with Crippen LogP contribution in [0.5, 0.6) is 11.5 Å². The number of nitrogens with zero attached hydrogens (tertiary/aromatic N) is 2. The highest BCUT2D eigenvalue weighted by atomic mass is 32.2. The van der Waals surface area contributed by atoms with Crippen molar-refractivity contribution in [3.05, 3.63) is 41.6 Å². The van der Waals surface area contributed by atoms with E-state index in [1.54, 1.807) is 18.9 Å². The minimum atomic E-state index is -3.98. The molecule has 0 radical (unpaired) electrons. The summed E-state index contributed by atoms with van der Waals surface area (Å²) in [5, 5.41) is 3.95. The molecule has 2 N–H and O–H groups in total. The number of rotatable bonds is 9. The fourth-order valence-corrected chi connectivity index (χ4v) is 10.3. The summed E-state index contributed by atoms with van der Waals surface area (Å²) in [5.74, 6) is -1.47. The molecule has 58 heavy (non-hydrogen) atoms. The molecule has 1 spiro atoms. The molecule has 8 rings (SSSR count). The molecule has 13 nitrogen and oxygen atoms in total. The van der Waals surface area contributed by atoms with Crippen molar-refractivity contribution in [1.29, 1.82) is 0 Å². The third-order valence-electron chi connectivity index (χ3n) is 13.8. The molecule has 3 saturated carbocycles. The number of sulfonamides is 1. The number of benzene rings is 1. The number of esters is 1. The van der Waals surface area contributed by atoms with Crippen LogP contribution in [0.3, 0.4) is 0 Å². The lowest BCUT2D eigenvalue weighted by molar-refractivity contribution is -0.155. The molecule has 1 saturated heterocycles. The summed E-state index contributed by atoms with van der Waals surface area (Å²) < 4.78 is 46.3. The molecule has 0 unspecified atom stereocenters. The Labute approximate surface area is 341 Å². The van der Waals surface area contributed by atoms with Gasteiger partial charge in [0, 0.05) is 35.1 Å². The lowest BCUT2D eigenvalue weighted by Gasteiger charge is -2.37. The first kappa shape index (κ1) is 40.6. The molecular weight excluding hydrogens is 761 g/mol. The number of hydrogen-bond donors (Lipinski definition) is 2. The Hall–Kier alpha value is -4.20.